The summed E-state index contributed by atoms with van der Waals surface area (Å²) in [5.41, 5.74) is 4.37. The first-order chi connectivity index (χ1) is 18.0. The Hall–Kier alpha value is -4.59. The van der Waals surface area contributed by atoms with Gasteiger partial charge in [-0.1, -0.05) is 36.4 Å². The van der Waals surface area contributed by atoms with Crippen molar-refractivity contribution >= 4 is 33.5 Å². The number of rotatable bonds is 5. The van der Waals surface area contributed by atoms with Crippen LogP contribution >= 0.6 is 0 Å². The summed E-state index contributed by atoms with van der Waals surface area (Å²) in [5.74, 6) is 1.34. The summed E-state index contributed by atoms with van der Waals surface area (Å²) in [4.78, 5) is 33.9. The maximum Gasteiger partial charge on any atom is 0.278 e. The van der Waals surface area contributed by atoms with E-state index in [1.54, 1.807) is 27.5 Å². The number of amides is 1. The number of para-hydroxylation sites is 1. The molecule has 1 amide bonds. The van der Waals surface area contributed by atoms with Crippen LogP contribution in [0.25, 0.3) is 21.9 Å². The third-order valence-electron chi connectivity index (χ3n) is 6.82. The molecular weight excluding hydrogens is 468 g/mol. The smallest absolute Gasteiger partial charge is 0.278 e. The normalized spacial score (nSPS) is 13.0. The molecule has 0 atom stereocenters. The molecule has 186 valence electrons. The second kappa shape index (κ2) is 9.13. The number of hydrogen-bond donors (Lipinski definition) is 0. The number of fused-ring (bicyclic) bond motifs is 4. The quantitative estimate of drug-likeness (QED) is 0.367. The van der Waals surface area contributed by atoms with Gasteiger partial charge in [-0.15, -0.1) is 0 Å². The maximum absolute atomic E-state index is 13.8. The Morgan fingerprint density at radius 3 is 2.70 bits per heavy atom. The molecule has 1 aliphatic heterocycles. The van der Waals surface area contributed by atoms with E-state index in [4.69, 9.17) is 9.47 Å². The lowest BCUT2D eigenvalue weighted by molar-refractivity contribution is -0.119. The van der Waals surface area contributed by atoms with Gasteiger partial charge in [0.2, 0.25) is 5.91 Å². The Bertz CT molecular complexity index is 1700. The van der Waals surface area contributed by atoms with Gasteiger partial charge in [0.1, 0.15) is 35.7 Å². The fourth-order valence-electron chi connectivity index (χ4n) is 4.96. The van der Waals surface area contributed by atoms with Gasteiger partial charge in [-0.3, -0.25) is 14.2 Å². The standard InChI is InChI=1S/C29H26N4O4/c1-19-7-12-25-24(15-19)32(13-14-37-25)26(34)17-33-23-6-4-3-5-22(23)27-28(33)29(35)31(18-30-27)16-20-8-10-21(36-2)11-9-20/h3-12,15,18H,13-14,16-17H2,1-2H3. The molecule has 0 aliphatic carbocycles. The van der Waals surface area contributed by atoms with Crippen molar-refractivity contribution < 1.29 is 14.3 Å². The Kier molecular flexibility index (Phi) is 5.64. The van der Waals surface area contributed by atoms with Gasteiger partial charge in [0, 0.05) is 5.39 Å². The second-order valence-corrected chi connectivity index (χ2v) is 9.19. The number of aromatic nitrogens is 3. The van der Waals surface area contributed by atoms with E-state index in [1.807, 2.05) is 73.7 Å². The van der Waals surface area contributed by atoms with Crippen molar-refractivity contribution in [3.8, 4) is 11.5 Å². The van der Waals surface area contributed by atoms with Crippen LogP contribution in [0.15, 0.2) is 77.9 Å². The van der Waals surface area contributed by atoms with Crippen molar-refractivity contribution in [1.82, 2.24) is 14.1 Å². The van der Waals surface area contributed by atoms with E-state index in [9.17, 15) is 9.59 Å². The predicted octanol–water partition coefficient (Wildman–Crippen LogP) is 4.14. The zero-order chi connectivity index (χ0) is 25.5. The fraction of sp³-hybridized carbons (Fsp3) is 0.207. The van der Waals surface area contributed by atoms with E-state index < -0.39 is 0 Å². The molecule has 8 heteroatoms. The van der Waals surface area contributed by atoms with E-state index in [1.165, 1.54) is 0 Å². The fourth-order valence-corrected chi connectivity index (χ4v) is 4.96. The summed E-state index contributed by atoms with van der Waals surface area (Å²) < 4.78 is 14.4. The highest BCUT2D eigenvalue weighted by Crippen LogP contribution is 2.33. The average molecular weight is 495 g/mol. The van der Waals surface area contributed by atoms with E-state index in [2.05, 4.69) is 4.98 Å². The number of benzene rings is 3. The van der Waals surface area contributed by atoms with E-state index in [0.29, 0.717) is 36.5 Å². The number of aryl methyl sites for hydroxylation is 1. The highest BCUT2D eigenvalue weighted by atomic mass is 16.5. The lowest BCUT2D eigenvalue weighted by Crippen LogP contribution is -2.40. The van der Waals surface area contributed by atoms with Gasteiger partial charge in [-0.2, -0.15) is 0 Å². The van der Waals surface area contributed by atoms with Crippen molar-refractivity contribution in [2.75, 3.05) is 25.2 Å². The summed E-state index contributed by atoms with van der Waals surface area (Å²) >= 11 is 0. The Morgan fingerprint density at radius 1 is 1.08 bits per heavy atom. The average Bonchev–Trinajstić information content (AvgIpc) is 3.24. The van der Waals surface area contributed by atoms with Gasteiger partial charge >= 0.3 is 0 Å². The first-order valence-electron chi connectivity index (χ1n) is 12.2. The van der Waals surface area contributed by atoms with Crippen molar-refractivity contribution in [2.45, 2.75) is 20.0 Å². The van der Waals surface area contributed by atoms with Crippen LogP contribution in [-0.4, -0.2) is 40.3 Å². The largest absolute Gasteiger partial charge is 0.497 e. The van der Waals surface area contributed by atoms with Crippen LogP contribution in [0.3, 0.4) is 0 Å². The molecule has 0 fully saturated rings. The molecule has 37 heavy (non-hydrogen) atoms. The molecule has 0 radical (unpaired) electrons. The number of nitrogens with zero attached hydrogens (tertiary/aromatic N) is 4. The second-order valence-electron chi connectivity index (χ2n) is 9.19. The minimum absolute atomic E-state index is 0.0147. The molecule has 0 bridgehead atoms. The van der Waals surface area contributed by atoms with Crippen LogP contribution < -0.4 is 19.9 Å². The Balaban J connectivity index is 1.43. The lowest BCUT2D eigenvalue weighted by Gasteiger charge is -2.30. The van der Waals surface area contributed by atoms with Crippen molar-refractivity contribution in [3.05, 3.63) is 94.5 Å². The number of carbonyl (C=O) groups is 1. The van der Waals surface area contributed by atoms with Gasteiger partial charge in [-0.05, 0) is 48.4 Å². The Morgan fingerprint density at radius 2 is 1.89 bits per heavy atom. The van der Waals surface area contributed by atoms with Crippen molar-refractivity contribution in [3.63, 3.8) is 0 Å². The molecule has 0 saturated heterocycles. The minimum Gasteiger partial charge on any atom is -0.497 e. The van der Waals surface area contributed by atoms with Crippen LogP contribution in [0.1, 0.15) is 11.1 Å². The van der Waals surface area contributed by atoms with Crippen LogP contribution in [0.2, 0.25) is 0 Å². The highest BCUT2D eigenvalue weighted by molar-refractivity contribution is 6.07. The minimum atomic E-state index is -0.192. The van der Waals surface area contributed by atoms with Crippen LogP contribution in [-0.2, 0) is 17.9 Å². The van der Waals surface area contributed by atoms with E-state index in [0.717, 1.165) is 33.5 Å². The summed E-state index contributed by atoms with van der Waals surface area (Å²) in [5, 5.41) is 0.845. The van der Waals surface area contributed by atoms with Gasteiger partial charge < -0.3 is 18.9 Å². The first kappa shape index (κ1) is 22.8. The topological polar surface area (TPSA) is 78.6 Å². The predicted molar refractivity (Wildman–Crippen MR) is 143 cm³/mol. The molecular formula is C29H26N4O4. The molecule has 3 heterocycles. The van der Waals surface area contributed by atoms with E-state index >= 15 is 0 Å². The summed E-state index contributed by atoms with van der Waals surface area (Å²) in [6, 6.07) is 21.1. The number of ether oxygens (including phenoxy) is 2. The number of methoxy groups -OCH3 is 1. The number of hydrogen-bond acceptors (Lipinski definition) is 5. The molecule has 0 N–H and O–H groups in total. The molecule has 3 aromatic carbocycles. The molecule has 1 aliphatic rings. The molecule has 0 spiro atoms. The molecule has 0 saturated carbocycles. The SMILES string of the molecule is COc1ccc(Cn2cnc3c4ccccc4n(CC(=O)N4CCOc5ccc(C)cc54)c3c2=O)cc1. The van der Waals surface area contributed by atoms with Crippen molar-refractivity contribution in [1.29, 1.82) is 0 Å². The zero-order valence-corrected chi connectivity index (χ0v) is 20.7. The lowest BCUT2D eigenvalue weighted by atomic mass is 10.1. The van der Waals surface area contributed by atoms with E-state index in [-0.39, 0.29) is 18.0 Å². The summed E-state index contributed by atoms with van der Waals surface area (Å²) in [6.45, 7) is 3.23. The first-order valence-corrected chi connectivity index (χ1v) is 12.2. The third-order valence-corrected chi connectivity index (χ3v) is 6.82. The monoisotopic (exact) mass is 494 g/mol. The van der Waals surface area contributed by atoms with Crippen LogP contribution in [0.5, 0.6) is 11.5 Å². The van der Waals surface area contributed by atoms with Gasteiger partial charge in [-0.25, -0.2) is 4.98 Å². The summed E-state index contributed by atoms with van der Waals surface area (Å²) in [6.07, 6.45) is 1.58. The van der Waals surface area contributed by atoms with Crippen LogP contribution in [0, 0.1) is 6.92 Å². The molecule has 2 aromatic heterocycles. The van der Waals surface area contributed by atoms with Gasteiger partial charge in [0.15, 0.2) is 0 Å². The highest BCUT2D eigenvalue weighted by Gasteiger charge is 2.26. The zero-order valence-electron chi connectivity index (χ0n) is 20.7. The molecule has 5 aromatic rings. The summed E-state index contributed by atoms with van der Waals surface area (Å²) in [7, 11) is 1.62. The molecule has 8 nitrogen and oxygen atoms in total. The molecule has 6 rings (SSSR count). The van der Waals surface area contributed by atoms with Crippen molar-refractivity contribution in [2.24, 2.45) is 0 Å². The third kappa shape index (κ3) is 4.00. The van der Waals surface area contributed by atoms with Gasteiger partial charge in [0.25, 0.3) is 5.56 Å². The van der Waals surface area contributed by atoms with Crippen LogP contribution in [0.4, 0.5) is 5.69 Å². The van der Waals surface area contributed by atoms with Gasteiger partial charge in [0.05, 0.1) is 37.7 Å². The number of anilines is 1. The maximum atomic E-state index is 13.8. The Labute approximate surface area is 213 Å². The molecule has 0 unspecified atom stereocenters. The number of carbonyl (C=O) groups excluding carboxylic acids is 1.